The van der Waals surface area contributed by atoms with Crippen molar-refractivity contribution in [2.45, 2.75) is 26.3 Å². The Labute approximate surface area is 185 Å². The standard InChI is InChI=1S/C24H33N5O2/c1-19-4-3-5-23(25-19)28-12-13-29(20(2)18-28)24(30)26-22-8-6-21(7-9-22)10-11-27-14-16-31-17-15-27/h3-9,20H,10-18H2,1-2H3,(H,26,30). The van der Waals surface area contributed by atoms with Gasteiger partial charge in [0.2, 0.25) is 0 Å². The van der Waals surface area contributed by atoms with Crippen molar-refractivity contribution in [3.63, 3.8) is 0 Å². The van der Waals surface area contributed by atoms with Crippen molar-refractivity contribution in [2.24, 2.45) is 0 Å². The molecule has 2 saturated heterocycles. The average molecular weight is 424 g/mol. The van der Waals surface area contributed by atoms with Crippen LogP contribution in [0.1, 0.15) is 18.2 Å². The number of ether oxygens (including phenoxy) is 1. The van der Waals surface area contributed by atoms with Gasteiger partial charge in [0.05, 0.1) is 13.2 Å². The van der Waals surface area contributed by atoms with Crippen molar-refractivity contribution in [3.8, 4) is 0 Å². The predicted molar refractivity (Wildman–Crippen MR) is 124 cm³/mol. The zero-order valence-electron chi connectivity index (χ0n) is 18.6. The molecular formula is C24H33N5O2. The maximum Gasteiger partial charge on any atom is 0.322 e. The number of aromatic nitrogens is 1. The van der Waals surface area contributed by atoms with Gasteiger partial charge in [0.1, 0.15) is 5.82 Å². The number of hydrogen-bond donors (Lipinski definition) is 1. The number of nitrogens with zero attached hydrogens (tertiary/aromatic N) is 4. The number of piperazine rings is 1. The molecule has 1 aromatic carbocycles. The van der Waals surface area contributed by atoms with Crippen LogP contribution in [0.2, 0.25) is 0 Å². The number of urea groups is 1. The lowest BCUT2D eigenvalue weighted by atomic mass is 10.1. The number of carbonyl (C=O) groups excluding carboxylic acids is 1. The lowest BCUT2D eigenvalue weighted by Gasteiger charge is -2.40. The van der Waals surface area contributed by atoms with Crippen LogP contribution in [0.5, 0.6) is 0 Å². The zero-order chi connectivity index (χ0) is 21.6. The lowest BCUT2D eigenvalue weighted by Crippen LogP contribution is -2.55. The van der Waals surface area contributed by atoms with Gasteiger partial charge in [0, 0.05) is 56.7 Å². The first-order valence-corrected chi connectivity index (χ1v) is 11.2. The molecular weight excluding hydrogens is 390 g/mol. The predicted octanol–water partition coefficient (Wildman–Crippen LogP) is 3.01. The van der Waals surface area contributed by atoms with E-state index in [-0.39, 0.29) is 12.1 Å². The molecule has 1 N–H and O–H groups in total. The summed E-state index contributed by atoms with van der Waals surface area (Å²) in [4.78, 5) is 24.1. The molecule has 3 heterocycles. The number of nitrogens with one attached hydrogen (secondary N) is 1. The Morgan fingerprint density at radius 1 is 1.10 bits per heavy atom. The number of anilines is 2. The van der Waals surface area contributed by atoms with E-state index in [0.29, 0.717) is 6.54 Å². The van der Waals surface area contributed by atoms with Gasteiger partial charge in [-0.3, -0.25) is 4.90 Å². The third-order valence-corrected chi connectivity index (χ3v) is 6.11. The molecule has 1 unspecified atom stereocenters. The minimum absolute atomic E-state index is 0.0366. The van der Waals surface area contributed by atoms with Crippen LogP contribution in [0.4, 0.5) is 16.3 Å². The third kappa shape index (κ3) is 5.74. The number of carbonyl (C=O) groups is 1. The van der Waals surface area contributed by atoms with Crippen LogP contribution in [0.25, 0.3) is 0 Å². The minimum Gasteiger partial charge on any atom is -0.379 e. The van der Waals surface area contributed by atoms with Crippen molar-refractivity contribution in [1.82, 2.24) is 14.8 Å². The SMILES string of the molecule is Cc1cccc(N2CCN(C(=O)Nc3ccc(CCN4CCOCC4)cc3)C(C)C2)n1. The summed E-state index contributed by atoms with van der Waals surface area (Å²) in [6, 6.07) is 14.4. The van der Waals surface area contributed by atoms with E-state index < -0.39 is 0 Å². The van der Waals surface area contributed by atoms with Crippen LogP contribution in [0.15, 0.2) is 42.5 Å². The fourth-order valence-corrected chi connectivity index (χ4v) is 4.23. The molecule has 2 amide bonds. The van der Waals surface area contributed by atoms with Crippen molar-refractivity contribution in [1.29, 1.82) is 0 Å². The molecule has 0 aliphatic carbocycles. The monoisotopic (exact) mass is 423 g/mol. The van der Waals surface area contributed by atoms with Gasteiger partial charge < -0.3 is 19.9 Å². The van der Waals surface area contributed by atoms with Crippen LogP contribution in [0, 0.1) is 6.92 Å². The van der Waals surface area contributed by atoms with E-state index in [2.05, 4.69) is 39.2 Å². The number of morpholine rings is 1. The maximum atomic E-state index is 12.9. The second kappa shape index (κ2) is 10.1. The molecule has 1 atom stereocenters. The highest BCUT2D eigenvalue weighted by atomic mass is 16.5. The van der Waals surface area contributed by atoms with Gasteiger partial charge in [-0.1, -0.05) is 18.2 Å². The van der Waals surface area contributed by atoms with Crippen molar-refractivity contribution < 1.29 is 9.53 Å². The van der Waals surface area contributed by atoms with Crippen LogP contribution in [-0.2, 0) is 11.2 Å². The van der Waals surface area contributed by atoms with Gasteiger partial charge in [-0.15, -0.1) is 0 Å². The molecule has 0 bridgehead atoms. The molecule has 7 nitrogen and oxygen atoms in total. The quantitative estimate of drug-likeness (QED) is 0.801. The second-order valence-corrected chi connectivity index (χ2v) is 8.46. The maximum absolute atomic E-state index is 12.9. The summed E-state index contributed by atoms with van der Waals surface area (Å²) >= 11 is 0. The molecule has 1 aromatic heterocycles. The summed E-state index contributed by atoms with van der Waals surface area (Å²) in [5, 5.41) is 3.06. The Morgan fingerprint density at radius 2 is 1.87 bits per heavy atom. The smallest absolute Gasteiger partial charge is 0.322 e. The Bertz CT molecular complexity index is 867. The molecule has 0 saturated carbocycles. The summed E-state index contributed by atoms with van der Waals surface area (Å²) < 4.78 is 5.40. The Hall–Kier alpha value is -2.64. The van der Waals surface area contributed by atoms with Crippen molar-refractivity contribution in [3.05, 3.63) is 53.7 Å². The summed E-state index contributed by atoms with van der Waals surface area (Å²) in [5.41, 5.74) is 3.14. The van der Waals surface area contributed by atoms with Crippen LogP contribution in [0.3, 0.4) is 0 Å². The van der Waals surface area contributed by atoms with Crippen molar-refractivity contribution in [2.75, 3.05) is 62.7 Å². The lowest BCUT2D eigenvalue weighted by molar-refractivity contribution is 0.0384. The fraction of sp³-hybridized carbons (Fsp3) is 0.500. The first-order chi connectivity index (χ1) is 15.1. The number of pyridine rings is 1. The van der Waals surface area contributed by atoms with Crippen molar-refractivity contribution >= 4 is 17.5 Å². The van der Waals surface area contributed by atoms with Crippen LogP contribution >= 0.6 is 0 Å². The molecule has 31 heavy (non-hydrogen) atoms. The van der Waals surface area contributed by atoms with E-state index >= 15 is 0 Å². The van der Waals surface area contributed by atoms with Gasteiger partial charge >= 0.3 is 6.03 Å². The average Bonchev–Trinajstić information content (AvgIpc) is 2.79. The van der Waals surface area contributed by atoms with Gasteiger partial charge in [-0.2, -0.15) is 0 Å². The molecule has 0 radical (unpaired) electrons. The number of rotatable bonds is 5. The van der Waals surface area contributed by atoms with E-state index in [0.717, 1.165) is 69.6 Å². The normalized spacial score (nSPS) is 20.0. The fourth-order valence-electron chi connectivity index (χ4n) is 4.23. The summed E-state index contributed by atoms with van der Waals surface area (Å²) in [5.74, 6) is 0.986. The summed E-state index contributed by atoms with van der Waals surface area (Å²) in [6.07, 6.45) is 1.01. The number of hydrogen-bond acceptors (Lipinski definition) is 5. The largest absolute Gasteiger partial charge is 0.379 e. The molecule has 166 valence electrons. The van der Waals surface area contributed by atoms with Gasteiger partial charge in [-0.05, 0) is 50.1 Å². The highest BCUT2D eigenvalue weighted by molar-refractivity contribution is 5.89. The van der Waals surface area contributed by atoms with Gasteiger partial charge in [0.25, 0.3) is 0 Å². The van der Waals surface area contributed by atoms with Crippen LogP contribution in [-0.4, -0.2) is 79.3 Å². The highest BCUT2D eigenvalue weighted by Gasteiger charge is 2.28. The first kappa shape index (κ1) is 21.6. The number of aryl methyl sites for hydroxylation is 1. The number of amides is 2. The van der Waals surface area contributed by atoms with Gasteiger partial charge in [-0.25, -0.2) is 9.78 Å². The van der Waals surface area contributed by atoms with E-state index in [1.165, 1.54) is 5.56 Å². The molecule has 2 aromatic rings. The molecule has 4 rings (SSSR count). The molecule has 0 spiro atoms. The van der Waals surface area contributed by atoms with E-state index in [1.807, 2.05) is 42.2 Å². The first-order valence-electron chi connectivity index (χ1n) is 11.2. The Kier molecular flexibility index (Phi) is 7.04. The van der Waals surface area contributed by atoms with E-state index in [9.17, 15) is 4.79 Å². The Morgan fingerprint density at radius 3 is 2.58 bits per heavy atom. The van der Waals surface area contributed by atoms with E-state index in [1.54, 1.807) is 0 Å². The molecule has 2 aliphatic heterocycles. The molecule has 7 heteroatoms. The topological polar surface area (TPSA) is 60.9 Å². The van der Waals surface area contributed by atoms with Gasteiger partial charge in [0.15, 0.2) is 0 Å². The third-order valence-electron chi connectivity index (χ3n) is 6.11. The molecule has 2 fully saturated rings. The summed E-state index contributed by atoms with van der Waals surface area (Å²) in [6.45, 7) is 11.1. The highest BCUT2D eigenvalue weighted by Crippen LogP contribution is 2.19. The summed E-state index contributed by atoms with van der Waals surface area (Å²) in [7, 11) is 0. The molecule has 2 aliphatic rings. The second-order valence-electron chi connectivity index (χ2n) is 8.46. The minimum atomic E-state index is -0.0366. The van der Waals surface area contributed by atoms with E-state index in [4.69, 9.17) is 4.74 Å². The zero-order valence-corrected chi connectivity index (χ0v) is 18.6. The van der Waals surface area contributed by atoms with Crippen LogP contribution < -0.4 is 10.2 Å². The Balaban J connectivity index is 1.27. The number of benzene rings is 1.